The number of urea groups is 1. The van der Waals surface area contributed by atoms with E-state index in [1.165, 1.54) is 0 Å². The fourth-order valence-corrected chi connectivity index (χ4v) is 4.80. The molecule has 208 valence electrons. The zero-order valence-corrected chi connectivity index (χ0v) is 24.1. The van der Waals surface area contributed by atoms with E-state index in [0.29, 0.717) is 46.7 Å². The Balaban J connectivity index is 1.87. The van der Waals surface area contributed by atoms with E-state index in [1.807, 2.05) is 40.0 Å². The molecule has 1 heterocycles. The van der Waals surface area contributed by atoms with Crippen LogP contribution in [0, 0.1) is 5.92 Å². The highest BCUT2D eigenvalue weighted by Gasteiger charge is 2.31. The van der Waals surface area contributed by atoms with Crippen LogP contribution in [-0.2, 0) is 17.8 Å². The van der Waals surface area contributed by atoms with Gasteiger partial charge in [-0.2, -0.15) is 0 Å². The maximum Gasteiger partial charge on any atom is 0.319 e. The van der Waals surface area contributed by atoms with Crippen LogP contribution in [0.4, 0.5) is 10.5 Å². The summed E-state index contributed by atoms with van der Waals surface area (Å²) in [5.41, 5.74) is 2.28. The lowest BCUT2D eigenvalue weighted by atomic mass is 10.0. The molecule has 0 bridgehead atoms. The normalized spacial score (nSPS) is 18.8. The van der Waals surface area contributed by atoms with Gasteiger partial charge < -0.3 is 25.4 Å². The number of nitrogens with one attached hydrogen (secondary N) is 2. The number of rotatable bonds is 8. The second-order valence-electron chi connectivity index (χ2n) is 10.4. The Labute approximate surface area is 235 Å². The van der Waals surface area contributed by atoms with Gasteiger partial charge in [0.15, 0.2) is 0 Å². The molecule has 0 saturated carbocycles. The Bertz CT molecular complexity index is 1130. The SMILES string of the molecule is CC(C)NC(=O)Nc1ccc2c(c1)CC(=O)N([C@H](C)CO)C[C@@H](C)[C@@H](CN(C)Cc1ccc(Cl)c(Cl)c1)O2. The van der Waals surface area contributed by atoms with E-state index >= 15 is 0 Å². The molecule has 38 heavy (non-hydrogen) atoms. The van der Waals surface area contributed by atoms with E-state index < -0.39 is 0 Å². The number of aliphatic hydroxyl groups excluding tert-OH is 1. The summed E-state index contributed by atoms with van der Waals surface area (Å²) >= 11 is 12.3. The van der Waals surface area contributed by atoms with Crippen LogP contribution in [0.3, 0.4) is 0 Å². The molecule has 0 aromatic heterocycles. The van der Waals surface area contributed by atoms with Gasteiger partial charge in [-0.1, -0.05) is 36.2 Å². The maximum absolute atomic E-state index is 13.4. The topological polar surface area (TPSA) is 94.1 Å². The number of carbonyl (C=O) groups is 2. The molecule has 0 unspecified atom stereocenters. The average molecular weight is 566 g/mol. The molecule has 0 aliphatic carbocycles. The number of aliphatic hydroxyl groups is 1. The monoisotopic (exact) mass is 564 g/mol. The van der Waals surface area contributed by atoms with Gasteiger partial charge in [0.05, 0.1) is 29.1 Å². The van der Waals surface area contributed by atoms with Gasteiger partial charge in [-0.25, -0.2) is 4.79 Å². The van der Waals surface area contributed by atoms with Crippen molar-refractivity contribution < 1.29 is 19.4 Å². The minimum absolute atomic E-state index is 0.00979. The fourth-order valence-electron chi connectivity index (χ4n) is 4.48. The quantitative estimate of drug-likeness (QED) is 0.428. The standard InChI is InChI=1S/C28H38Cl2N4O4/c1-17(2)31-28(37)32-22-7-9-25-21(11-22)12-27(36)34(19(4)16-35)13-18(3)26(38-25)15-33(5)14-20-6-8-23(29)24(30)10-20/h6-11,17-19,26,35H,12-16H2,1-5H3,(H2,31,32,37)/t18-,19-,26-/m1/s1. The van der Waals surface area contributed by atoms with Gasteiger partial charge in [0.2, 0.25) is 5.91 Å². The molecule has 1 aliphatic rings. The lowest BCUT2D eigenvalue weighted by Gasteiger charge is -2.34. The highest BCUT2D eigenvalue weighted by atomic mass is 35.5. The van der Waals surface area contributed by atoms with Crippen LogP contribution in [0.2, 0.25) is 10.0 Å². The molecule has 10 heteroatoms. The summed E-state index contributed by atoms with van der Waals surface area (Å²) in [6.45, 7) is 9.20. The molecule has 1 aliphatic heterocycles. The first-order valence-electron chi connectivity index (χ1n) is 12.9. The van der Waals surface area contributed by atoms with Gasteiger partial charge in [-0.3, -0.25) is 9.69 Å². The lowest BCUT2D eigenvalue weighted by molar-refractivity contribution is -0.134. The number of nitrogens with zero attached hydrogens (tertiary/aromatic N) is 2. The molecule has 8 nitrogen and oxygen atoms in total. The van der Waals surface area contributed by atoms with E-state index in [-0.39, 0.29) is 49.1 Å². The number of anilines is 1. The van der Waals surface area contributed by atoms with E-state index in [1.54, 1.807) is 29.2 Å². The fraction of sp³-hybridized carbons (Fsp3) is 0.500. The van der Waals surface area contributed by atoms with Crippen LogP contribution < -0.4 is 15.4 Å². The van der Waals surface area contributed by atoms with Crippen molar-refractivity contribution in [3.8, 4) is 5.75 Å². The Morgan fingerprint density at radius 2 is 1.92 bits per heavy atom. The number of hydrogen-bond donors (Lipinski definition) is 3. The van der Waals surface area contributed by atoms with E-state index in [0.717, 1.165) is 5.56 Å². The van der Waals surface area contributed by atoms with Gasteiger partial charge in [0, 0.05) is 42.8 Å². The highest BCUT2D eigenvalue weighted by molar-refractivity contribution is 6.42. The molecule has 0 spiro atoms. The summed E-state index contributed by atoms with van der Waals surface area (Å²) in [5, 5.41) is 16.5. The Kier molecular flexibility index (Phi) is 10.7. The van der Waals surface area contributed by atoms with Gasteiger partial charge in [0.1, 0.15) is 11.9 Å². The van der Waals surface area contributed by atoms with Crippen LogP contribution in [-0.4, -0.2) is 71.8 Å². The number of likely N-dealkylation sites (N-methyl/N-ethyl adjacent to an activating group) is 1. The summed E-state index contributed by atoms with van der Waals surface area (Å²) in [7, 11) is 2.01. The molecule has 0 radical (unpaired) electrons. The second kappa shape index (κ2) is 13.5. The van der Waals surface area contributed by atoms with Crippen molar-refractivity contribution in [2.24, 2.45) is 5.92 Å². The van der Waals surface area contributed by atoms with Crippen molar-refractivity contribution in [1.29, 1.82) is 0 Å². The number of halogens is 2. The van der Waals surface area contributed by atoms with Gasteiger partial charge in [-0.05, 0) is 63.7 Å². The van der Waals surface area contributed by atoms with Crippen LogP contribution in [0.1, 0.15) is 38.8 Å². The molecular formula is C28H38Cl2N4O4. The first kappa shape index (κ1) is 30.0. The van der Waals surface area contributed by atoms with Gasteiger partial charge in [0.25, 0.3) is 0 Å². The Hall–Kier alpha value is -2.52. The second-order valence-corrected chi connectivity index (χ2v) is 11.2. The van der Waals surface area contributed by atoms with Crippen molar-refractivity contribution >= 4 is 40.8 Å². The number of amides is 3. The predicted molar refractivity (Wildman–Crippen MR) is 152 cm³/mol. The molecule has 0 fully saturated rings. The average Bonchev–Trinajstić information content (AvgIpc) is 2.88. The summed E-state index contributed by atoms with van der Waals surface area (Å²) in [6, 6.07) is 10.3. The summed E-state index contributed by atoms with van der Waals surface area (Å²) in [4.78, 5) is 29.5. The predicted octanol–water partition coefficient (Wildman–Crippen LogP) is 4.80. The molecular weight excluding hydrogens is 527 g/mol. The van der Waals surface area contributed by atoms with Crippen LogP contribution in [0.5, 0.6) is 5.75 Å². The van der Waals surface area contributed by atoms with E-state index in [2.05, 4.69) is 22.5 Å². The van der Waals surface area contributed by atoms with Crippen molar-refractivity contribution in [2.75, 3.05) is 32.1 Å². The summed E-state index contributed by atoms with van der Waals surface area (Å²) in [5.74, 6) is 0.480. The molecule has 2 aromatic carbocycles. The third-order valence-corrected chi connectivity index (χ3v) is 7.26. The zero-order valence-electron chi connectivity index (χ0n) is 22.6. The molecule has 3 rings (SSSR count). The maximum atomic E-state index is 13.4. The Morgan fingerprint density at radius 3 is 2.58 bits per heavy atom. The van der Waals surface area contributed by atoms with Gasteiger partial charge >= 0.3 is 6.03 Å². The minimum atomic E-state index is -0.334. The Morgan fingerprint density at radius 1 is 1.18 bits per heavy atom. The summed E-state index contributed by atoms with van der Waals surface area (Å²) < 4.78 is 6.56. The van der Waals surface area contributed by atoms with E-state index in [9.17, 15) is 14.7 Å². The van der Waals surface area contributed by atoms with Crippen molar-refractivity contribution in [3.63, 3.8) is 0 Å². The molecule has 0 saturated heterocycles. The van der Waals surface area contributed by atoms with Crippen molar-refractivity contribution in [3.05, 3.63) is 57.6 Å². The third-order valence-electron chi connectivity index (χ3n) is 6.52. The van der Waals surface area contributed by atoms with Gasteiger partial charge in [-0.15, -0.1) is 0 Å². The lowest BCUT2D eigenvalue weighted by Crippen LogP contribution is -2.47. The zero-order chi connectivity index (χ0) is 28.0. The third kappa shape index (κ3) is 8.24. The number of benzene rings is 2. The highest BCUT2D eigenvalue weighted by Crippen LogP contribution is 2.30. The largest absolute Gasteiger partial charge is 0.488 e. The smallest absolute Gasteiger partial charge is 0.319 e. The molecule has 3 atom stereocenters. The van der Waals surface area contributed by atoms with Crippen LogP contribution in [0.15, 0.2) is 36.4 Å². The van der Waals surface area contributed by atoms with Crippen LogP contribution >= 0.6 is 23.2 Å². The molecule has 2 aromatic rings. The minimum Gasteiger partial charge on any atom is -0.488 e. The number of fused-ring (bicyclic) bond motifs is 1. The number of ether oxygens (including phenoxy) is 1. The number of hydrogen-bond acceptors (Lipinski definition) is 5. The molecule has 3 amide bonds. The van der Waals surface area contributed by atoms with Crippen molar-refractivity contribution in [2.45, 2.75) is 58.8 Å². The summed E-state index contributed by atoms with van der Waals surface area (Å²) in [6.07, 6.45) is -0.150. The van der Waals surface area contributed by atoms with Crippen LogP contribution in [0.25, 0.3) is 0 Å². The van der Waals surface area contributed by atoms with E-state index in [4.69, 9.17) is 27.9 Å². The first-order chi connectivity index (χ1) is 18.0. The molecule has 3 N–H and O–H groups in total. The first-order valence-corrected chi connectivity index (χ1v) is 13.6. The number of carbonyl (C=O) groups excluding carboxylic acids is 2. The van der Waals surface area contributed by atoms with Crippen molar-refractivity contribution in [1.82, 2.24) is 15.1 Å².